The van der Waals surface area contributed by atoms with Crippen molar-refractivity contribution in [1.29, 1.82) is 0 Å². The molecule has 1 N–H and O–H groups in total. The van der Waals surface area contributed by atoms with Crippen LogP contribution in [0.4, 0.5) is 0 Å². The van der Waals surface area contributed by atoms with Gasteiger partial charge in [0.1, 0.15) is 0 Å². The lowest BCUT2D eigenvalue weighted by atomic mass is 9.69. The fourth-order valence-corrected chi connectivity index (χ4v) is 3.91. The van der Waals surface area contributed by atoms with E-state index in [2.05, 4.69) is 12.2 Å². The zero-order chi connectivity index (χ0) is 13.0. The van der Waals surface area contributed by atoms with Crippen LogP contribution in [0.5, 0.6) is 0 Å². The Balaban J connectivity index is 2.38. The minimum Gasteiger partial charge on any atom is -0.316 e. The first-order valence-electron chi connectivity index (χ1n) is 6.85. The molecule has 0 amide bonds. The highest BCUT2D eigenvalue weighted by Crippen LogP contribution is 2.44. The van der Waals surface area contributed by atoms with E-state index >= 15 is 0 Å². The molecule has 3 heteroatoms. The third kappa shape index (κ3) is 2.84. The number of hydrogen-bond donors (Lipinski definition) is 1. The molecule has 1 aromatic rings. The van der Waals surface area contributed by atoms with Gasteiger partial charge in [-0.15, -0.1) is 0 Å². The minimum atomic E-state index is 0.129. The highest BCUT2D eigenvalue weighted by Gasteiger charge is 2.36. The van der Waals surface area contributed by atoms with Crippen LogP contribution >= 0.6 is 23.2 Å². The molecule has 0 unspecified atom stereocenters. The van der Waals surface area contributed by atoms with Gasteiger partial charge in [0, 0.05) is 22.0 Å². The molecule has 1 aliphatic carbocycles. The second-order valence-corrected chi connectivity index (χ2v) is 6.03. The van der Waals surface area contributed by atoms with E-state index in [1.54, 1.807) is 0 Å². The SMILES string of the molecule is CCNCC1(c2c(Cl)cccc2Cl)CCCCC1. The van der Waals surface area contributed by atoms with Gasteiger partial charge in [-0.1, -0.05) is 55.5 Å². The van der Waals surface area contributed by atoms with Gasteiger partial charge in [-0.3, -0.25) is 0 Å². The third-order valence-electron chi connectivity index (χ3n) is 4.02. The fraction of sp³-hybridized carbons (Fsp3) is 0.600. The van der Waals surface area contributed by atoms with E-state index in [0.29, 0.717) is 0 Å². The van der Waals surface area contributed by atoms with E-state index in [1.165, 1.54) is 32.1 Å². The zero-order valence-electron chi connectivity index (χ0n) is 10.9. The van der Waals surface area contributed by atoms with E-state index in [1.807, 2.05) is 18.2 Å². The van der Waals surface area contributed by atoms with Crippen LogP contribution < -0.4 is 5.32 Å². The monoisotopic (exact) mass is 285 g/mol. The molecule has 0 atom stereocenters. The Morgan fingerprint density at radius 3 is 2.28 bits per heavy atom. The van der Waals surface area contributed by atoms with Crippen LogP contribution in [0.3, 0.4) is 0 Å². The van der Waals surface area contributed by atoms with Gasteiger partial charge in [0.15, 0.2) is 0 Å². The van der Waals surface area contributed by atoms with Crippen molar-refractivity contribution >= 4 is 23.2 Å². The summed E-state index contributed by atoms with van der Waals surface area (Å²) in [5.74, 6) is 0. The van der Waals surface area contributed by atoms with Crippen LogP contribution in [0.15, 0.2) is 18.2 Å². The summed E-state index contributed by atoms with van der Waals surface area (Å²) in [7, 11) is 0. The van der Waals surface area contributed by atoms with Gasteiger partial charge >= 0.3 is 0 Å². The third-order valence-corrected chi connectivity index (χ3v) is 4.65. The number of likely N-dealkylation sites (N-methyl/N-ethyl adjacent to an activating group) is 1. The summed E-state index contributed by atoms with van der Waals surface area (Å²) in [4.78, 5) is 0. The topological polar surface area (TPSA) is 12.0 Å². The van der Waals surface area contributed by atoms with E-state index in [4.69, 9.17) is 23.2 Å². The molecule has 0 radical (unpaired) electrons. The molecular formula is C15H21Cl2N. The highest BCUT2D eigenvalue weighted by molar-refractivity contribution is 6.36. The van der Waals surface area contributed by atoms with Gasteiger partial charge in [0.2, 0.25) is 0 Å². The summed E-state index contributed by atoms with van der Waals surface area (Å²) >= 11 is 12.8. The van der Waals surface area contributed by atoms with Gasteiger partial charge in [0.25, 0.3) is 0 Å². The van der Waals surface area contributed by atoms with Crippen molar-refractivity contribution < 1.29 is 0 Å². The predicted molar refractivity (Wildman–Crippen MR) is 79.8 cm³/mol. The standard InChI is InChI=1S/C15H21Cl2N/c1-2-18-11-15(9-4-3-5-10-15)14-12(16)7-6-8-13(14)17/h6-8,18H,2-5,9-11H2,1H3. The molecule has 0 spiro atoms. The summed E-state index contributed by atoms with van der Waals surface area (Å²) in [5, 5.41) is 5.14. The largest absolute Gasteiger partial charge is 0.316 e. The number of hydrogen-bond acceptors (Lipinski definition) is 1. The van der Waals surface area contributed by atoms with Crippen molar-refractivity contribution in [1.82, 2.24) is 5.32 Å². The van der Waals surface area contributed by atoms with Gasteiger partial charge in [-0.05, 0) is 37.1 Å². The first-order chi connectivity index (χ1) is 8.69. The lowest BCUT2D eigenvalue weighted by molar-refractivity contribution is 0.282. The first-order valence-corrected chi connectivity index (χ1v) is 7.60. The Morgan fingerprint density at radius 2 is 1.72 bits per heavy atom. The summed E-state index contributed by atoms with van der Waals surface area (Å²) < 4.78 is 0. The van der Waals surface area contributed by atoms with Crippen molar-refractivity contribution in [3.8, 4) is 0 Å². The van der Waals surface area contributed by atoms with Crippen molar-refractivity contribution in [2.45, 2.75) is 44.4 Å². The number of rotatable bonds is 4. The molecule has 1 nitrogen and oxygen atoms in total. The van der Waals surface area contributed by atoms with Crippen LogP contribution in [-0.2, 0) is 5.41 Å². The second kappa shape index (κ2) is 6.27. The van der Waals surface area contributed by atoms with Gasteiger partial charge in [0.05, 0.1) is 0 Å². The van der Waals surface area contributed by atoms with Crippen molar-refractivity contribution in [2.24, 2.45) is 0 Å². The summed E-state index contributed by atoms with van der Waals surface area (Å²) in [6.45, 7) is 4.11. The normalized spacial score (nSPS) is 18.8. The van der Waals surface area contributed by atoms with E-state index in [0.717, 1.165) is 28.7 Å². The molecule has 0 aromatic heterocycles. The Bertz CT molecular complexity index is 377. The van der Waals surface area contributed by atoms with E-state index in [-0.39, 0.29) is 5.41 Å². The number of nitrogens with one attached hydrogen (secondary N) is 1. The van der Waals surface area contributed by atoms with Crippen LogP contribution in [0.25, 0.3) is 0 Å². The first kappa shape index (κ1) is 14.2. The molecule has 0 heterocycles. The lowest BCUT2D eigenvalue weighted by Gasteiger charge is -2.39. The number of halogens is 2. The summed E-state index contributed by atoms with van der Waals surface area (Å²) in [6.07, 6.45) is 6.24. The van der Waals surface area contributed by atoms with E-state index < -0.39 is 0 Å². The van der Waals surface area contributed by atoms with Gasteiger partial charge in [-0.2, -0.15) is 0 Å². The Kier molecular flexibility index (Phi) is 4.94. The maximum absolute atomic E-state index is 6.42. The van der Waals surface area contributed by atoms with Crippen molar-refractivity contribution in [2.75, 3.05) is 13.1 Å². The Hall–Kier alpha value is -0.240. The quantitative estimate of drug-likeness (QED) is 0.838. The average Bonchev–Trinajstić information content (AvgIpc) is 2.37. The Morgan fingerprint density at radius 1 is 1.11 bits per heavy atom. The Labute approximate surface area is 120 Å². The van der Waals surface area contributed by atoms with Crippen molar-refractivity contribution in [3.05, 3.63) is 33.8 Å². The maximum atomic E-state index is 6.42. The van der Waals surface area contributed by atoms with Crippen LogP contribution in [0.2, 0.25) is 10.0 Å². The molecule has 2 rings (SSSR count). The maximum Gasteiger partial charge on any atom is 0.0459 e. The molecule has 0 bridgehead atoms. The fourth-order valence-electron chi connectivity index (χ4n) is 3.11. The highest BCUT2D eigenvalue weighted by atomic mass is 35.5. The molecular weight excluding hydrogens is 265 g/mol. The smallest absolute Gasteiger partial charge is 0.0459 e. The second-order valence-electron chi connectivity index (χ2n) is 5.22. The van der Waals surface area contributed by atoms with Crippen molar-refractivity contribution in [3.63, 3.8) is 0 Å². The van der Waals surface area contributed by atoms with Gasteiger partial charge < -0.3 is 5.32 Å². The molecule has 18 heavy (non-hydrogen) atoms. The minimum absolute atomic E-state index is 0.129. The van der Waals surface area contributed by atoms with Crippen LogP contribution in [0, 0.1) is 0 Å². The molecule has 1 aliphatic rings. The summed E-state index contributed by atoms with van der Waals surface area (Å²) in [5.41, 5.74) is 1.29. The van der Waals surface area contributed by atoms with Crippen LogP contribution in [-0.4, -0.2) is 13.1 Å². The lowest BCUT2D eigenvalue weighted by Crippen LogP contribution is -2.40. The molecule has 0 aliphatic heterocycles. The zero-order valence-corrected chi connectivity index (χ0v) is 12.4. The predicted octanol–water partition coefficient (Wildman–Crippen LogP) is 4.80. The molecule has 100 valence electrons. The van der Waals surface area contributed by atoms with Crippen LogP contribution in [0.1, 0.15) is 44.6 Å². The van der Waals surface area contributed by atoms with E-state index in [9.17, 15) is 0 Å². The molecule has 0 saturated heterocycles. The molecule has 1 saturated carbocycles. The molecule has 1 aromatic carbocycles. The number of benzene rings is 1. The van der Waals surface area contributed by atoms with Gasteiger partial charge in [-0.25, -0.2) is 0 Å². The molecule has 1 fully saturated rings. The average molecular weight is 286 g/mol. The summed E-state index contributed by atoms with van der Waals surface area (Å²) in [6, 6.07) is 5.86.